The van der Waals surface area contributed by atoms with Crippen molar-refractivity contribution >= 4 is 17.2 Å². The van der Waals surface area contributed by atoms with Gasteiger partial charge in [0.15, 0.2) is 0 Å². The van der Waals surface area contributed by atoms with Crippen LogP contribution in [0.1, 0.15) is 46.6 Å². The highest BCUT2D eigenvalue weighted by Crippen LogP contribution is 2.28. The Morgan fingerprint density at radius 2 is 2.13 bits per heavy atom. The van der Waals surface area contributed by atoms with E-state index in [0.29, 0.717) is 0 Å². The molecule has 3 unspecified atom stereocenters. The number of aromatic nitrogens is 1. The molecular formula is C17H22N4OS. The summed E-state index contributed by atoms with van der Waals surface area (Å²) in [4.78, 5) is 19.5. The molecule has 3 atom stereocenters. The zero-order valence-corrected chi connectivity index (χ0v) is 14.4. The molecule has 1 saturated heterocycles. The summed E-state index contributed by atoms with van der Waals surface area (Å²) in [6.45, 7) is 6.01. The molecule has 0 spiro atoms. The Morgan fingerprint density at radius 3 is 2.83 bits per heavy atom. The van der Waals surface area contributed by atoms with Gasteiger partial charge in [0, 0.05) is 15.4 Å². The Balaban J connectivity index is 1.59. The van der Waals surface area contributed by atoms with E-state index in [-0.39, 0.29) is 24.0 Å². The van der Waals surface area contributed by atoms with Crippen molar-refractivity contribution < 1.29 is 4.79 Å². The lowest BCUT2D eigenvalue weighted by Crippen LogP contribution is -2.44. The Hall–Kier alpha value is -1.76. The standard InChI is InChI=1S/C17H22N4OS/c1-10-5-4-6-13(18-10)12(3)19-17(22)15-9-14(20-21-15)16-8-7-11(2)23-16/h4-8,12,14-15,20-21H,9H2,1-3H3,(H,19,22). The van der Waals surface area contributed by atoms with Crippen molar-refractivity contribution in [3.05, 3.63) is 51.5 Å². The fourth-order valence-electron chi connectivity index (χ4n) is 2.75. The number of carbonyl (C=O) groups is 1. The zero-order chi connectivity index (χ0) is 16.4. The lowest BCUT2D eigenvalue weighted by atomic mass is 10.1. The molecule has 2 aromatic heterocycles. The Kier molecular flexibility index (Phi) is 4.75. The summed E-state index contributed by atoms with van der Waals surface area (Å²) >= 11 is 1.77. The van der Waals surface area contributed by atoms with Gasteiger partial charge in [0.25, 0.3) is 0 Å². The number of nitrogens with one attached hydrogen (secondary N) is 3. The largest absolute Gasteiger partial charge is 0.347 e. The highest BCUT2D eigenvalue weighted by molar-refractivity contribution is 7.12. The lowest BCUT2D eigenvalue weighted by molar-refractivity contribution is -0.123. The maximum Gasteiger partial charge on any atom is 0.239 e. The molecule has 5 nitrogen and oxygen atoms in total. The molecule has 1 amide bonds. The van der Waals surface area contributed by atoms with Crippen LogP contribution in [0.4, 0.5) is 0 Å². The van der Waals surface area contributed by atoms with E-state index in [1.807, 2.05) is 32.0 Å². The first-order valence-electron chi connectivity index (χ1n) is 7.84. The molecule has 1 aliphatic heterocycles. The number of rotatable bonds is 4. The van der Waals surface area contributed by atoms with Crippen molar-refractivity contribution in [1.82, 2.24) is 21.2 Å². The summed E-state index contributed by atoms with van der Waals surface area (Å²) < 4.78 is 0. The summed E-state index contributed by atoms with van der Waals surface area (Å²) in [5.74, 6) is 0.00378. The van der Waals surface area contributed by atoms with Gasteiger partial charge in [-0.25, -0.2) is 10.9 Å². The Morgan fingerprint density at radius 1 is 1.30 bits per heavy atom. The van der Waals surface area contributed by atoms with E-state index in [1.54, 1.807) is 11.3 Å². The topological polar surface area (TPSA) is 66.1 Å². The highest BCUT2D eigenvalue weighted by atomic mass is 32.1. The molecule has 2 aromatic rings. The number of aryl methyl sites for hydroxylation is 2. The summed E-state index contributed by atoms with van der Waals surface area (Å²) in [6.07, 6.45) is 0.750. The number of hydrogen-bond donors (Lipinski definition) is 3. The van der Waals surface area contributed by atoms with Crippen LogP contribution in [0.3, 0.4) is 0 Å². The van der Waals surface area contributed by atoms with Crippen molar-refractivity contribution in [1.29, 1.82) is 0 Å². The van der Waals surface area contributed by atoms with E-state index in [9.17, 15) is 4.79 Å². The normalized spacial score (nSPS) is 22.0. The second-order valence-electron chi connectivity index (χ2n) is 6.01. The van der Waals surface area contributed by atoms with E-state index in [2.05, 4.69) is 40.2 Å². The van der Waals surface area contributed by atoms with Crippen LogP contribution in [0.2, 0.25) is 0 Å². The number of hydrogen-bond acceptors (Lipinski definition) is 5. The van der Waals surface area contributed by atoms with Crippen molar-refractivity contribution in [3.63, 3.8) is 0 Å². The van der Waals surface area contributed by atoms with Gasteiger partial charge in [-0.2, -0.15) is 0 Å². The SMILES string of the molecule is Cc1cccc(C(C)NC(=O)C2CC(c3ccc(C)s3)NN2)n1. The molecule has 6 heteroatoms. The fraction of sp³-hybridized carbons (Fsp3) is 0.412. The van der Waals surface area contributed by atoms with Gasteiger partial charge in [-0.3, -0.25) is 9.78 Å². The molecule has 3 heterocycles. The molecule has 1 aliphatic rings. The predicted octanol–water partition coefficient (Wildman–Crippen LogP) is 2.54. The monoisotopic (exact) mass is 330 g/mol. The van der Waals surface area contributed by atoms with Gasteiger partial charge >= 0.3 is 0 Å². The summed E-state index contributed by atoms with van der Waals surface area (Å²) in [7, 11) is 0. The molecule has 3 rings (SSSR count). The molecular weight excluding hydrogens is 308 g/mol. The smallest absolute Gasteiger partial charge is 0.239 e. The number of thiophene rings is 1. The van der Waals surface area contributed by atoms with Gasteiger partial charge in [-0.15, -0.1) is 11.3 Å². The van der Waals surface area contributed by atoms with Gasteiger partial charge in [-0.1, -0.05) is 6.07 Å². The van der Waals surface area contributed by atoms with Gasteiger partial charge in [0.2, 0.25) is 5.91 Å². The van der Waals surface area contributed by atoms with Crippen molar-refractivity contribution in [3.8, 4) is 0 Å². The van der Waals surface area contributed by atoms with E-state index in [1.165, 1.54) is 9.75 Å². The van der Waals surface area contributed by atoms with Crippen molar-refractivity contribution in [2.75, 3.05) is 0 Å². The molecule has 122 valence electrons. The molecule has 0 saturated carbocycles. The number of nitrogens with zero attached hydrogens (tertiary/aromatic N) is 1. The van der Waals surface area contributed by atoms with E-state index >= 15 is 0 Å². The lowest BCUT2D eigenvalue weighted by Gasteiger charge is -2.16. The fourth-order valence-corrected chi connectivity index (χ4v) is 3.69. The van der Waals surface area contributed by atoms with Crippen molar-refractivity contribution in [2.45, 2.75) is 45.3 Å². The van der Waals surface area contributed by atoms with Gasteiger partial charge in [0.05, 0.1) is 17.8 Å². The number of pyridine rings is 1. The van der Waals surface area contributed by atoms with Crippen LogP contribution in [-0.4, -0.2) is 16.9 Å². The van der Waals surface area contributed by atoms with E-state index < -0.39 is 0 Å². The minimum atomic E-state index is -0.227. The highest BCUT2D eigenvalue weighted by Gasteiger charge is 2.31. The second-order valence-corrected chi connectivity index (χ2v) is 7.33. The molecule has 3 N–H and O–H groups in total. The van der Waals surface area contributed by atoms with Crippen LogP contribution in [0.15, 0.2) is 30.3 Å². The molecule has 1 fully saturated rings. The second kappa shape index (κ2) is 6.78. The Labute approximate surface area is 140 Å². The van der Waals surface area contributed by atoms with Crippen LogP contribution in [0.25, 0.3) is 0 Å². The van der Waals surface area contributed by atoms with Crippen LogP contribution in [-0.2, 0) is 4.79 Å². The zero-order valence-electron chi connectivity index (χ0n) is 13.6. The number of amides is 1. The third-order valence-corrected chi connectivity index (χ3v) is 5.15. The third-order valence-electron chi connectivity index (χ3n) is 4.04. The quantitative estimate of drug-likeness (QED) is 0.806. The predicted molar refractivity (Wildman–Crippen MR) is 92.0 cm³/mol. The molecule has 0 aliphatic carbocycles. The molecule has 0 aromatic carbocycles. The van der Waals surface area contributed by atoms with Crippen LogP contribution < -0.4 is 16.2 Å². The number of carbonyl (C=O) groups excluding carboxylic acids is 1. The first kappa shape index (κ1) is 16.1. The van der Waals surface area contributed by atoms with E-state index in [0.717, 1.165) is 17.8 Å². The van der Waals surface area contributed by atoms with Gasteiger partial charge in [0.1, 0.15) is 6.04 Å². The van der Waals surface area contributed by atoms with Crippen LogP contribution in [0, 0.1) is 13.8 Å². The molecule has 0 bridgehead atoms. The minimum Gasteiger partial charge on any atom is -0.347 e. The summed E-state index contributed by atoms with van der Waals surface area (Å²) in [6, 6.07) is 9.95. The summed E-state index contributed by atoms with van der Waals surface area (Å²) in [5, 5.41) is 3.04. The van der Waals surface area contributed by atoms with E-state index in [4.69, 9.17) is 0 Å². The van der Waals surface area contributed by atoms with Gasteiger partial charge in [-0.05, 0) is 51.5 Å². The van der Waals surface area contributed by atoms with Crippen molar-refractivity contribution in [2.24, 2.45) is 0 Å². The van der Waals surface area contributed by atoms with Gasteiger partial charge < -0.3 is 5.32 Å². The maximum absolute atomic E-state index is 12.5. The maximum atomic E-state index is 12.5. The van der Waals surface area contributed by atoms with Crippen LogP contribution in [0.5, 0.6) is 0 Å². The first-order chi connectivity index (χ1) is 11.0. The number of hydrazine groups is 1. The molecule has 0 radical (unpaired) electrons. The average Bonchev–Trinajstić information content (AvgIpc) is 3.15. The first-order valence-corrected chi connectivity index (χ1v) is 8.66. The Bertz CT molecular complexity index is 699. The minimum absolute atomic E-state index is 0.00378. The summed E-state index contributed by atoms with van der Waals surface area (Å²) in [5.41, 5.74) is 8.17. The van der Waals surface area contributed by atoms with Crippen LogP contribution >= 0.6 is 11.3 Å². The third kappa shape index (κ3) is 3.77. The molecule has 23 heavy (non-hydrogen) atoms. The average molecular weight is 330 g/mol.